The van der Waals surface area contributed by atoms with Gasteiger partial charge in [0.1, 0.15) is 0 Å². The Morgan fingerprint density at radius 1 is 0.714 bits per heavy atom. The maximum absolute atomic E-state index is 12.4. The summed E-state index contributed by atoms with van der Waals surface area (Å²) in [5.74, 6) is -0.440. The SMILES string of the molecule is Cc1ccccc1C(=O)Nc1ccc(NC(=S)NC(=O)c2ccccc2)cc1. The molecule has 3 aromatic rings. The van der Waals surface area contributed by atoms with Crippen LogP contribution in [0.4, 0.5) is 11.4 Å². The Morgan fingerprint density at radius 2 is 1.29 bits per heavy atom. The van der Waals surface area contributed by atoms with Crippen molar-refractivity contribution in [1.82, 2.24) is 5.32 Å². The van der Waals surface area contributed by atoms with Gasteiger partial charge in [0.25, 0.3) is 11.8 Å². The molecule has 0 saturated heterocycles. The highest BCUT2D eigenvalue weighted by atomic mass is 32.1. The molecule has 5 nitrogen and oxygen atoms in total. The summed E-state index contributed by atoms with van der Waals surface area (Å²) in [7, 11) is 0. The number of hydrogen-bond acceptors (Lipinski definition) is 3. The van der Waals surface area contributed by atoms with Gasteiger partial charge in [0.2, 0.25) is 0 Å². The smallest absolute Gasteiger partial charge is 0.257 e. The number of rotatable bonds is 4. The fourth-order valence-corrected chi connectivity index (χ4v) is 2.80. The average Bonchev–Trinajstić information content (AvgIpc) is 2.70. The lowest BCUT2D eigenvalue weighted by atomic mass is 10.1. The molecule has 3 rings (SSSR count). The Kier molecular flexibility index (Phi) is 6.14. The van der Waals surface area contributed by atoms with Gasteiger partial charge in [0.05, 0.1) is 0 Å². The van der Waals surface area contributed by atoms with E-state index in [0.717, 1.165) is 5.56 Å². The third-order valence-electron chi connectivity index (χ3n) is 4.05. The predicted octanol–water partition coefficient (Wildman–Crippen LogP) is 4.37. The molecule has 0 saturated carbocycles. The molecule has 0 fully saturated rings. The molecule has 0 bridgehead atoms. The van der Waals surface area contributed by atoms with E-state index in [0.29, 0.717) is 22.5 Å². The minimum atomic E-state index is -0.278. The van der Waals surface area contributed by atoms with E-state index in [1.807, 2.05) is 31.2 Å². The molecule has 6 heteroatoms. The van der Waals surface area contributed by atoms with Crippen LogP contribution in [0.1, 0.15) is 26.3 Å². The molecule has 0 aliphatic rings. The average molecular weight is 389 g/mol. The molecule has 3 N–H and O–H groups in total. The van der Waals surface area contributed by atoms with Gasteiger partial charge in [0, 0.05) is 22.5 Å². The monoisotopic (exact) mass is 389 g/mol. The quantitative estimate of drug-likeness (QED) is 0.580. The highest BCUT2D eigenvalue weighted by Crippen LogP contribution is 2.16. The molecule has 2 amide bonds. The zero-order valence-corrected chi connectivity index (χ0v) is 16.0. The zero-order valence-electron chi connectivity index (χ0n) is 15.2. The van der Waals surface area contributed by atoms with Crippen LogP contribution in [0.15, 0.2) is 78.9 Å². The van der Waals surface area contributed by atoms with Crippen LogP contribution < -0.4 is 16.0 Å². The van der Waals surface area contributed by atoms with Gasteiger partial charge in [-0.3, -0.25) is 14.9 Å². The summed E-state index contributed by atoms with van der Waals surface area (Å²) in [6, 6.07) is 23.3. The van der Waals surface area contributed by atoms with Gasteiger partial charge in [-0.2, -0.15) is 0 Å². The molecule has 0 aromatic heterocycles. The number of carbonyl (C=O) groups is 2. The molecule has 3 aromatic carbocycles. The number of aryl methyl sites for hydroxylation is 1. The molecule has 0 spiro atoms. The Bertz CT molecular complexity index is 1000. The first-order valence-electron chi connectivity index (χ1n) is 8.67. The second-order valence-corrected chi connectivity index (χ2v) is 6.53. The van der Waals surface area contributed by atoms with E-state index in [1.54, 1.807) is 54.6 Å². The Labute approximate surface area is 168 Å². The van der Waals surface area contributed by atoms with Crippen molar-refractivity contribution < 1.29 is 9.59 Å². The van der Waals surface area contributed by atoms with Crippen LogP contribution in [0.3, 0.4) is 0 Å². The molecule has 0 radical (unpaired) electrons. The second-order valence-electron chi connectivity index (χ2n) is 6.12. The minimum Gasteiger partial charge on any atom is -0.332 e. The first-order valence-corrected chi connectivity index (χ1v) is 9.08. The van der Waals surface area contributed by atoms with Gasteiger partial charge in [-0.1, -0.05) is 36.4 Å². The fourth-order valence-electron chi connectivity index (χ4n) is 2.59. The topological polar surface area (TPSA) is 70.2 Å². The van der Waals surface area contributed by atoms with Gasteiger partial charge >= 0.3 is 0 Å². The highest BCUT2D eigenvalue weighted by molar-refractivity contribution is 7.80. The van der Waals surface area contributed by atoms with Gasteiger partial charge < -0.3 is 10.6 Å². The lowest BCUT2D eigenvalue weighted by Crippen LogP contribution is -2.34. The minimum absolute atomic E-state index is 0.163. The van der Waals surface area contributed by atoms with Crippen LogP contribution in [0.5, 0.6) is 0 Å². The van der Waals surface area contributed by atoms with Crippen molar-refractivity contribution in [2.45, 2.75) is 6.92 Å². The van der Waals surface area contributed by atoms with E-state index in [9.17, 15) is 9.59 Å². The molecular weight excluding hydrogens is 370 g/mol. The highest BCUT2D eigenvalue weighted by Gasteiger charge is 2.09. The predicted molar refractivity (Wildman–Crippen MR) is 116 cm³/mol. The Morgan fingerprint density at radius 3 is 1.93 bits per heavy atom. The lowest BCUT2D eigenvalue weighted by molar-refractivity contribution is 0.0976. The van der Waals surface area contributed by atoms with Crippen LogP contribution in [0.2, 0.25) is 0 Å². The summed E-state index contributed by atoms with van der Waals surface area (Å²) >= 11 is 5.18. The molecule has 28 heavy (non-hydrogen) atoms. The van der Waals surface area contributed by atoms with Crippen LogP contribution in [-0.2, 0) is 0 Å². The van der Waals surface area contributed by atoms with Gasteiger partial charge in [0.15, 0.2) is 5.11 Å². The first-order chi connectivity index (χ1) is 13.5. The van der Waals surface area contributed by atoms with E-state index in [4.69, 9.17) is 12.2 Å². The van der Waals surface area contributed by atoms with E-state index in [-0.39, 0.29) is 16.9 Å². The summed E-state index contributed by atoms with van der Waals surface area (Å²) in [6.45, 7) is 1.90. The maximum atomic E-state index is 12.4. The largest absolute Gasteiger partial charge is 0.332 e. The summed E-state index contributed by atoms with van der Waals surface area (Å²) in [4.78, 5) is 24.5. The fraction of sp³-hybridized carbons (Fsp3) is 0.0455. The number of nitrogens with one attached hydrogen (secondary N) is 3. The zero-order chi connectivity index (χ0) is 19.9. The standard InChI is InChI=1S/C22H19N3O2S/c1-15-7-5-6-10-19(15)21(27)23-17-11-13-18(14-12-17)24-22(28)25-20(26)16-8-3-2-4-9-16/h2-14H,1H3,(H,23,27)(H2,24,25,26,28). The maximum Gasteiger partial charge on any atom is 0.257 e. The molecule has 0 unspecified atom stereocenters. The summed E-state index contributed by atoms with van der Waals surface area (Å²) in [6.07, 6.45) is 0. The number of benzene rings is 3. The molecule has 140 valence electrons. The van der Waals surface area contributed by atoms with Crippen LogP contribution in [0, 0.1) is 6.92 Å². The van der Waals surface area contributed by atoms with Crippen molar-refractivity contribution in [1.29, 1.82) is 0 Å². The van der Waals surface area contributed by atoms with E-state index in [2.05, 4.69) is 16.0 Å². The first kappa shape index (κ1) is 19.3. The van der Waals surface area contributed by atoms with Crippen molar-refractivity contribution in [3.05, 3.63) is 95.6 Å². The molecule has 0 aliphatic heterocycles. The van der Waals surface area contributed by atoms with Crippen LogP contribution >= 0.6 is 12.2 Å². The van der Waals surface area contributed by atoms with Crippen LogP contribution in [-0.4, -0.2) is 16.9 Å². The van der Waals surface area contributed by atoms with Gasteiger partial charge in [-0.05, 0) is 67.2 Å². The summed E-state index contributed by atoms with van der Waals surface area (Å²) in [5, 5.41) is 8.65. The number of carbonyl (C=O) groups excluding carboxylic acids is 2. The summed E-state index contributed by atoms with van der Waals surface area (Å²) < 4.78 is 0. The number of thiocarbonyl (C=S) groups is 1. The van der Waals surface area contributed by atoms with E-state index in [1.165, 1.54) is 0 Å². The number of amides is 2. The lowest BCUT2D eigenvalue weighted by Gasteiger charge is -2.11. The molecule has 0 atom stereocenters. The third kappa shape index (κ3) is 5.02. The Balaban J connectivity index is 1.57. The number of anilines is 2. The van der Waals surface area contributed by atoms with E-state index >= 15 is 0 Å². The summed E-state index contributed by atoms with van der Waals surface area (Å²) in [5.41, 5.74) is 3.44. The molecule has 0 heterocycles. The van der Waals surface area contributed by atoms with Crippen molar-refractivity contribution in [2.75, 3.05) is 10.6 Å². The second kappa shape index (κ2) is 8.92. The third-order valence-corrected chi connectivity index (χ3v) is 4.26. The molecular formula is C22H19N3O2S. The van der Waals surface area contributed by atoms with Crippen molar-refractivity contribution in [3.63, 3.8) is 0 Å². The van der Waals surface area contributed by atoms with Gasteiger partial charge in [-0.25, -0.2) is 0 Å². The van der Waals surface area contributed by atoms with Crippen LogP contribution in [0.25, 0.3) is 0 Å². The Hall–Kier alpha value is -3.51. The van der Waals surface area contributed by atoms with Crippen molar-refractivity contribution in [3.8, 4) is 0 Å². The van der Waals surface area contributed by atoms with Crippen molar-refractivity contribution >= 4 is 40.5 Å². The normalized spacial score (nSPS) is 10.0. The van der Waals surface area contributed by atoms with E-state index < -0.39 is 0 Å². The molecule has 0 aliphatic carbocycles. The van der Waals surface area contributed by atoms with Gasteiger partial charge in [-0.15, -0.1) is 0 Å². The van der Waals surface area contributed by atoms with Crippen molar-refractivity contribution in [2.24, 2.45) is 0 Å². The number of hydrogen-bond donors (Lipinski definition) is 3.